The zero-order valence-electron chi connectivity index (χ0n) is 17.0. The molecular formula is C20H18ClF5N4O3. The van der Waals surface area contributed by atoms with Crippen LogP contribution in [-0.4, -0.2) is 49.3 Å². The Balaban J connectivity index is 1.78. The van der Waals surface area contributed by atoms with Gasteiger partial charge in [-0.05, 0) is 37.4 Å². The summed E-state index contributed by atoms with van der Waals surface area (Å²) in [6.45, 7) is -1.11. The van der Waals surface area contributed by atoms with Crippen LogP contribution in [0.15, 0.2) is 36.4 Å². The second-order valence-corrected chi connectivity index (χ2v) is 7.27. The van der Waals surface area contributed by atoms with Crippen LogP contribution in [0.5, 0.6) is 0 Å². The number of benzene rings is 2. The zero-order valence-corrected chi connectivity index (χ0v) is 17.8. The van der Waals surface area contributed by atoms with Crippen LogP contribution < -0.4 is 16.0 Å². The van der Waals surface area contributed by atoms with Crippen molar-refractivity contribution >= 4 is 40.7 Å². The van der Waals surface area contributed by atoms with Gasteiger partial charge in [0.15, 0.2) is 11.6 Å². The molecule has 0 atom stereocenters. The first-order valence-corrected chi connectivity index (χ1v) is 9.59. The fraction of sp³-hybridized carbons (Fsp3) is 0.250. The number of anilines is 2. The van der Waals surface area contributed by atoms with Crippen LogP contribution in [0.25, 0.3) is 0 Å². The van der Waals surface area contributed by atoms with Crippen molar-refractivity contribution in [2.24, 2.45) is 0 Å². The number of rotatable bonds is 8. The molecule has 0 bridgehead atoms. The van der Waals surface area contributed by atoms with Gasteiger partial charge in [-0.25, -0.2) is 8.78 Å². The van der Waals surface area contributed by atoms with Crippen LogP contribution in [0.1, 0.15) is 5.56 Å². The Labute approximate surface area is 189 Å². The molecule has 2 aromatic carbocycles. The van der Waals surface area contributed by atoms with Gasteiger partial charge in [0.25, 0.3) is 0 Å². The van der Waals surface area contributed by atoms with E-state index in [4.69, 9.17) is 11.6 Å². The highest BCUT2D eigenvalue weighted by molar-refractivity contribution is 6.31. The zero-order chi connectivity index (χ0) is 24.8. The summed E-state index contributed by atoms with van der Waals surface area (Å²) < 4.78 is 64.7. The third kappa shape index (κ3) is 8.31. The quantitative estimate of drug-likeness (QED) is 0.493. The number of likely N-dealkylation sites (N-methyl/N-ethyl adjacent to an activating group) is 1. The lowest BCUT2D eigenvalue weighted by Crippen LogP contribution is -2.41. The molecule has 7 nitrogen and oxygen atoms in total. The molecule has 0 aliphatic heterocycles. The fourth-order valence-corrected chi connectivity index (χ4v) is 2.81. The normalized spacial score (nSPS) is 11.3. The van der Waals surface area contributed by atoms with Crippen molar-refractivity contribution in [2.75, 3.05) is 37.3 Å². The molecule has 2 aromatic rings. The lowest BCUT2D eigenvalue weighted by molar-refractivity contribution is -0.137. The summed E-state index contributed by atoms with van der Waals surface area (Å²) in [5, 5.41) is 6.32. The Bertz CT molecular complexity index is 1050. The molecule has 0 aliphatic carbocycles. The van der Waals surface area contributed by atoms with Crippen molar-refractivity contribution in [1.29, 1.82) is 0 Å². The maximum atomic E-state index is 13.1. The third-order valence-electron chi connectivity index (χ3n) is 4.03. The van der Waals surface area contributed by atoms with E-state index in [1.807, 2.05) is 0 Å². The van der Waals surface area contributed by atoms with Gasteiger partial charge in [0.2, 0.25) is 17.7 Å². The van der Waals surface area contributed by atoms with Gasteiger partial charge in [-0.15, -0.1) is 0 Å². The van der Waals surface area contributed by atoms with Crippen LogP contribution in [0.4, 0.5) is 33.3 Å². The summed E-state index contributed by atoms with van der Waals surface area (Å²) in [6, 6.07) is 5.65. The summed E-state index contributed by atoms with van der Waals surface area (Å²) in [7, 11) is 1.41. The average Bonchev–Trinajstić information content (AvgIpc) is 2.69. The van der Waals surface area contributed by atoms with Crippen molar-refractivity contribution in [3.8, 4) is 0 Å². The SMILES string of the molecule is CN(CC(=O)NCC(=O)Nc1ccc(F)c(F)c1)CC(=O)Nc1ccc(Cl)c(C(F)(F)F)c1. The van der Waals surface area contributed by atoms with Crippen LogP contribution in [0.3, 0.4) is 0 Å². The number of carbonyl (C=O) groups excluding carboxylic acids is 3. The number of hydrogen-bond donors (Lipinski definition) is 3. The first-order valence-electron chi connectivity index (χ1n) is 9.22. The first-order chi connectivity index (χ1) is 15.3. The predicted molar refractivity (Wildman–Crippen MR) is 111 cm³/mol. The van der Waals surface area contributed by atoms with Gasteiger partial charge >= 0.3 is 6.18 Å². The van der Waals surface area contributed by atoms with Gasteiger partial charge in [0, 0.05) is 17.4 Å². The molecule has 2 rings (SSSR count). The average molecular weight is 493 g/mol. The molecule has 3 N–H and O–H groups in total. The Morgan fingerprint density at radius 3 is 2.09 bits per heavy atom. The number of nitrogens with zero attached hydrogens (tertiary/aromatic N) is 1. The molecule has 0 aliphatic rings. The highest BCUT2D eigenvalue weighted by Crippen LogP contribution is 2.36. The molecule has 0 unspecified atom stereocenters. The standard InChI is InChI=1S/C20H18ClF5N4O3/c1-30(10-19(33)29-11-2-4-14(21)13(6-11)20(24,25)26)9-18(32)27-8-17(31)28-12-3-5-15(22)16(23)7-12/h2-7H,8-10H2,1H3,(H,27,32)(H,28,31)(H,29,33). The molecule has 0 heterocycles. The van der Waals surface area contributed by atoms with Gasteiger partial charge in [-0.2, -0.15) is 13.2 Å². The topological polar surface area (TPSA) is 90.5 Å². The highest BCUT2D eigenvalue weighted by atomic mass is 35.5. The molecule has 33 heavy (non-hydrogen) atoms. The highest BCUT2D eigenvalue weighted by Gasteiger charge is 2.33. The molecule has 3 amide bonds. The van der Waals surface area contributed by atoms with E-state index in [-0.39, 0.29) is 24.5 Å². The van der Waals surface area contributed by atoms with E-state index in [9.17, 15) is 36.3 Å². The summed E-state index contributed by atoms with van der Waals surface area (Å²) in [6.07, 6.45) is -4.69. The van der Waals surface area contributed by atoms with Crippen molar-refractivity contribution in [3.05, 3.63) is 58.6 Å². The van der Waals surface area contributed by atoms with E-state index in [1.165, 1.54) is 18.0 Å². The molecule has 0 aromatic heterocycles. The van der Waals surface area contributed by atoms with Gasteiger partial charge in [-0.1, -0.05) is 11.6 Å². The number of alkyl halides is 3. The Morgan fingerprint density at radius 2 is 1.45 bits per heavy atom. The smallest absolute Gasteiger partial charge is 0.346 e. The van der Waals surface area contributed by atoms with Gasteiger partial charge in [-0.3, -0.25) is 19.3 Å². The fourth-order valence-electron chi connectivity index (χ4n) is 2.58. The lowest BCUT2D eigenvalue weighted by atomic mass is 10.2. The molecule has 0 saturated heterocycles. The molecule has 13 heteroatoms. The van der Waals surface area contributed by atoms with Gasteiger partial charge < -0.3 is 16.0 Å². The number of nitrogens with one attached hydrogen (secondary N) is 3. The van der Waals surface area contributed by atoms with E-state index < -0.39 is 52.7 Å². The summed E-state index contributed by atoms with van der Waals surface area (Å²) in [5.74, 6) is -4.23. The summed E-state index contributed by atoms with van der Waals surface area (Å²) >= 11 is 5.52. The third-order valence-corrected chi connectivity index (χ3v) is 4.36. The number of hydrogen-bond acceptors (Lipinski definition) is 4. The minimum Gasteiger partial charge on any atom is -0.346 e. The molecule has 0 fully saturated rings. The van der Waals surface area contributed by atoms with Crippen molar-refractivity contribution < 1.29 is 36.3 Å². The monoisotopic (exact) mass is 492 g/mol. The van der Waals surface area contributed by atoms with E-state index in [0.29, 0.717) is 6.07 Å². The molecule has 0 spiro atoms. The first kappa shape index (κ1) is 26.0. The van der Waals surface area contributed by atoms with Crippen LogP contribution in [0.2, 0.25) is 5.02 Å². The van der Waals surface area contributed by atoms with Crippen LogP contribution in [-0.2, 0) is 20.6 Å². The second-order valence-electron chi connectivity index (χ2n) is 6.87. The van der Waals surface area contributed by atoms with Crippen molar-refractivity contribution in [1.82, 2.24) is 10.2 Å². The van der Waals surface area contributed by atoms with Crippen molar-refractivity contribution in [3.63, 3.8) is 0 Å². The molecule has 0 radical (unpaired) electrons. The minimum atomic E-state index is -4.69. The van der Waals surface area contributed by atoms with E-state index in [1.54, 1.807) is 0 Å². The van der Waals surface area contributed by atoms with Crippen LogP contribution in [0, 0.1) is 11.6 Å². The largest absolute Gasteiger partial charge is 0.417 e. The summed E-state index contributed by atoms with van der Waals surface area (Å²) in [5.41, 5.74) is -1.22. The number of carbonyl (C=O) groups is 3. The van der Waals surface area contributed by atoms with Crippen LogP contribution >= 0.6 is 11.6 Å². The molecular weight excluding hydrogens is 475 g/mol. The number of amides is 3. The molecule has 178 valence electrons. The lowest BCUT2D eigenvalue weighted by Gasteiger charge is -2.17. The number of halogens is 6. The Morgan fingerprint density at radius 1 is 0.879 bits per heavy atom. The maximum Gasteiger partial charge on any atom is 0.417 e. The summed E-state index contributed by atoms with van der Waals surface area (Å²) in [4.78, 5) is 37.0. The van der Waals surface area contributed by atoms with E-state index in [0.717, 1.165) is 24.3 Å². The van der Waals surface area contributed by atoms with Crippen molar-refractivity contribution in [2.45, 2.75) is 6.18 Å². The van der Waals surface area contributed by atoms with E-state index in [2.05, 4.69) is 16.0 Å². The minimum absolute atomic E-state index is 0.00202. The predicted octanol–water partition coefficient (Wildman–Crippen LogP) is 3.26. The Hall–Kier alpha value is -3.25. The molecule has 0 saturated carbocycles. The maximum absolute atomic E-state index is 13.1. The van der Waals surface area contributed by atoms with Gasteiger partial charge in [0.1, 0.15) is 0 Å². The Kier molecular flexibility index (Phi) is 8.71. The second kappa shape index (κ2) is 11.1. The van der Waals surface area contributed by atoms with Gasteiger partial charge in [0.05, 0.1) is 30.2 Å². The van der Waals surface area contributed by atoms with E-state index >= 15 is 0 Å².